The Hall–Kier alpha value is -2.17. The van der Waals surface area contributed by atoms with Gasteiger partial charge in [0, 0.05) is 31.6 Å². The summed E-state index contributed by atoms with van der Waals surface area (Å²) in [5.41, 5.74) is 14.3. The summed E-state index contributed by atoms with van der Waals surface area (Å²) in [6.45, 7) is 1.56. The third kappa shape index (κ3) is 3.28. The molecule has 0 saturated carbocycles. The number of rotatable bonds is 4. The number of hydrogen-bond donors (Lipinski definition) is 2. The maximum absolute atomic E-state index is 12.9. The predicted octanol–water partition coefficient (Wildman–Crippen LogP) is 1.68. The molecule has 3 rings (SSSR count). The van der Waals surface area contributed by atoms with Crippen LogP contribution in [0.3, 0.4) is 0 Å². The molecule has 0 aliphatic carbocycles. The van der Waals surface area contributed by atoms with Gasteiger partial charge in [0.05, 0.1) is 5.92 Å². The van der Waals surface area contributed by atoms with Crippen LogP contribution in [-0.2, 0) is 4.79 Å². The van der Waals surface area contributed by atoms with Crippen LogP contribution in [0.15, 0.2) is 60.7 Å². The molecule has 2 aromatic carbocycles. The number of amides is 1. The topological polar surface area (TPSA) is 72.4 Å². The summed E-state index contributed by atoms with van der Waals surface area (Å²) in [5, 5.41) is 0. The molecule has 0 bridgehead atoms. The smallest absolute Gasteiger partial charge is 0.231 e. The Morgan fingerprint density at radius 2 is 1.65 bits per heavy atom. The van der Waals surface area contributed by atoms with Gasteiger partial charge < -0.3 is 16.4 Å². The quantitative estimate of drug-likeness (QED) is 0.902. The molecule has 2 aromatic rings. The lowest BCUT2D eigenvalue weighted by Crippen LogP contribution is -2.37. The number of carbonyl (C=O) groups excluding carboxylic acids is 1. The first-order chi connectivity index (χ1) is 11.2. The first kappa shape index (κ1) is 15.7. The third-order valence-corrected chi connectivity index (χ3v) is 4.64. The Morgan fingerprint density at radius 3 is 2.26 bits per heavy atom. The molecule has 1 aliphatic heterocycles. The van der Waals surface area contributed by atoms with E-state index in [0.29, 0.717) is 19.6 Å². The van der Waals surface area contributed by atoms with Gasteiger partial charge in [0.15, 0.2) is 0 Å². The molecular formula is C19H23N3O. The number of likely N-dealkylation sites (tertiary alicyclic amines) is 1. The summed E-state index contributed by atoms with van der Waals surface area (Å²) in [6, 6.07) is 19.9. The van der Waals surface area contributed by atoms with Crippen LogP contribution >= 0.6 is 0 Å². The summed E-state index contributed by atoms with van der Waals surface area (Å²) in [5.74, 6) is -0.0279. The van der Waals surface area contributed by atoms with Crippen LogP contribution in [0.25, 0.3) is 0 Å². The Balaban J connectivity index is 1.76. The lowest BCUT2D eigenvalue weighted by Gasteiger charge is -2.23. The van der Waals surface area contributed by atoms with Crippen LogP contribution in [-0.4, -0.2) is 36.5 Å². The monoisotopic (exact) mass is 309 g/mol. The highest BCUT2D eigenvalue weighted by Gasteiger charge is 2.36. The summed E-state index contributed by atoms with van der Waals surface area (Å²) in [7, 11) is 0. The zero-order chi connectivity index (χ0) is 16.2. The Morgan fingerprint density at radius 1 is 1.04 bits per heavy atom. The number of carbonyl (C=O) groups is 1. The Labute approximate surface area is 137 Å². The van der Waals surface area contributed by atoms with Gasteiger partial charge in [-0.1, -0.05) is 60.7 Å². The molecular weight excluding hydrogens is 286 g/mol. The van der Waals surface area contributed by atoms with Crippen LogP contribution in [0, 0.1) is 0 Å². The SMILES string of the molecule is NCC(C(=O)N1C[C@@H](N)[C@H](c2ccccc2)C1)c1ccccc1. The molecule has 3 atom stereocenters. The fraction of sp³-hybridized carbons (Fsp3) is 0.316. The van der Waals surface area contributed by atoms with Gasteiger partial charge in [0.25, 0.3) is 0 Å². The van der Waals surface area contributed by atoms with Crippen molar-refractivity contribution in [3.8, 4) is 0 Å². The average molecular weight is 309 g/mol. The van der Waals surface area contributed by atoms with Crippen LogP contribution in [0.5, 0.6) is 0 Å². The summed E-state index contributed by atoms with van der Waals surface area (Å²) >= 11 is 0. The first-order valence-electron chi connectivity index (χ1n) is 8.05. The van der Waals surface area contributed by atoms with E-state index in [1.807, 2.05) is 53.4 Å². The molecule has 1 saturated heterocycles. The Kier molecular flexibility index (Phi) is 4.74. The van der Waals surface area contributed by atoms with Gasteiger partial charge in [-0.2, -0.15) is 0 Å². The minimum Gasteiger partial charge on any atom is -0.340 e. The van der Waals surface area contributed by atoms with Crippen molar-refractivity contribution in [1.82, 2.24) is 4.90 Å². The molecule has 0 spiro atoms. The molecule has 4 heteroatoms. The van der Waals surface area contributed by atoms with Gasteiger partial charge in [-0.05, 0) is 11.1 Å². The molecule has 1 unspecified atom stereocenters. The molecule has 23 heavy (non-hydrogen) atoms. The molecule has 1 fully saturated rings. The van der Waals surface area contributed by atoms with E-state index in [4.69, 9.17) is 11.5 Å². The molecule has 4 N–H and O–H groups in total. The van der Waals surface area contributed by atoms with E-state index in [1.54, 1.807) is 0 Å². The minimum atomic E-state index is -0.294. The summed E-state index contributed by atoms with van der Waals surface area (Å²) in [6.07, 6.45) is 0. The highest BCUT2D eigenvalue weighted by molar-refractivity contribution is 5.84. The van der Waals surface area contributed by atoms with E-state index in [2.05, 4.69) is 12.1 Å². The third-order valence-electron chi connectivity index (χ3n) is 4.64. The van der Waals surface area contributed by atoms with E-state index < -0.39 is 0 Å². The summed E-state index contributed by atoms with van der Waals surface area (Å²) < 4.78 is 0. The first-order valence-corrected chi connectivity index (χ1v) is 8.05. The van der Waals surface area contributed by atoms with Crippen molar-refractivity contribution in [1.29, 1.82) is 0 Å². The van der Waals surface area contributed by atoms with Crippen molar-refractivity contribution in [3.63, 3.8) is 0 Å². The van der Waals surface area contributed by atoms with Crippen molar-refractivity contribution in [2.75, 3.05) is 19.6 Å². The normalized spacial score (nSPS) is 22.1. The zero-order valence-electron chi connectivity index (χ0n) is 13.1. The van der Waals surface area contributed by atoms with Crippen molar-refractivity contribution in [2.24, 2.45) is 11.5 Å². The molecule has 0 aromatic heterocycles. The molecule has 4 nitrogen and oxygen atoms in total. The average Bonchev–Trinajstić information content (AvgIpc) is 2.99. The van der Waals surface area contributed by atoms with Crippen LogP contribution in [0.1, 0.15) is 23.0 Å². The minimum absolute atomic E-state index is 0.0319. The molecule has 1 aliphatic rings. The van der Waals surface area contributed by atoms with Crippen molar-refractivity contribution >= 4 is 5.91 Å². The molecule has 1 heterocycles. The standard InChI is InChI=1S/C19H23N3O/c20-11-16(14-7-3-1-4-8-14)19(23)22-12-17(18(21)13-22)15-9-5-2-6-10-15/h1-10,16-18H,11-13,20-21H2/t16?,17-,18+/m0/s1. The lowest BCUT2D eigenvalue weighted by molar-refractivity contribution is -0.131. The van der Waals surface area contributed by atoms with E-state index in [-0.39, 0.29) is 23.8 Å². The molecule has 0 radical (unpaired) electrons. The van der Waals surface area contributed by atoms with Gasteiger partial charge in [-0.25, -0.2) is 0 Å². The van der Waals surface area contributed by atoms with E-state index in [0.717, 1.165) is 5.56 Å². The van der Waals surface area contributed by atoms with Crippen molar-refractivity contribution in [2.45, 2.75) is 17.9 Å². The number of benzene rings is 2. The zero-order valence-corrected chi connectivity index (χ0v) is 13.1. The fourth-order valence-electron chi connectivity index (χ4n) is 3.35. The second kappa shape index (κ2) is 6.94. The van der Waals surface area contributed by atoms with E-state index >= 15 is 0 Å². The van der Waals surface area contributed by atoms with Gasteiger partial charge in [0.2, 0.25) is 5.91 Å². The van der Waals surface area contributed by atoms with Crippen molar-refractivity contribution < 1.29 is 4.79 Å². The lowest BCUT2D eigenvalue weighted by atomic mass is 9.95. The maximum atomic E-state index is 12.9. The van der Waals surface area contributed by atoms with Crippen LogP contribution in [0.2, 0.25) is 0 Å². The predicted molar refractivity (Wildman–Crippen MR) is 92.0 cm³/mol. The highest BCUT2D eigenvalue weighted by atomic mass is 16.2. The maximum Gasteiger partial charge on any atom is 0.231 e. The highest BCUT2D eigenvalue weighted by Crippen LogP contribution is 2.29. The number of hydrogen-bond acceptors (Lipinski definition) is 3. The van der Waals surface area contributed by atoms with Gasteiger partial charge in [0.1, 0.15) is 0 Å². The summed E-state index contributed by atoms with van der Waals surface area (Å²) in [4.78, 5) is 14.8. The van der Waals surface area contributed by atoms with Gasteiger partial charge in [-0.3, -0.25) is 4.79 Å². The van der Waals surface area contributed by atoms with Crippen molar-refractivity contribution in [3.05, 3.63) is 71.8 Å². The molecule has 1 amide bonds. The van der Waals surface area contributed by atoms with Gasteiger partial charge >= 0.3 is 0 Å². The second-order valence-electron chi connectivity index (χ2n) is 6.12. The van der Waals surface area contributed by atoms with E-state index in [1.165, 1.54) is 5.56 Å². The number of nitrogens with zero attached hydrogens (tertiary/aromatic N) is 1. The largest absolute Gasteiger partial charge is 0.340 e. The Bertz CT molecular complexity index is 644. The second-order valence-corrected chi connectivity index (χ2v) is 6.12. The van der Waals surface area contributed by atoms with Gasteiger partial charge in [-0.15, -0.1) is 0 Å². The number of nitrogens with two attached hydrogens (primary N) is 2. The van der Waals surface area contributed by atoms with Crippen LogP contribution in [0.4, 0.5) is 0 Å². The van der Waals surface area contributed by atoms with E-state index in [9.17, 15) is 4.79 Å². The fourth-order valence-corrected chi connectivity index (χ4v) is 3.35. The van der Waals surface area contributed by atoms with Crippen LogP contribution < -0.4 is 11.5 Å². The molecule has 120 valence electrons.